The van der Waals surface area contributed by atoms with E-state index in [2.05, 4.69) is 15.6 Å². The predicted molar refractivity (Wildman–Crippen MR) is 92.3 cm³/mol. The SMILES string of the molecule is Cc1ccc(CNC(=O)c2nnn(Cc3cccc(F)c3)c2N)cc1. The number of carbonyl (C=O) groups is 1. The third-order valence-corrected chi connectivity index (χ3v) is 3.78. The van der Waals surface area contributed by atoms with Gasteiger partial charge in [0, 0.05) is 6.54 Å². The molecule has 1 amide bonds. The highest BCUT2D eigenvalue weighted by atomic mass is 19.1. The first-order valence-electron chi connectivity index (χ1n) is 7.80. The molecule has 0 saturated carbocycles. The highest BCUT2D eigenvalue weighted by molar-refractivity contribution is 5.96. The van der Waals surface area contributed by atoms with Gasteiger partial charge in [0.25, 0.3) is 5.91 Å². The molecule has 0 spiro atoms. The topological polar surface area (TPSA) is 85.8 Å². The van der Waals surface area contributed by atoms with E-state index in [4.69, 9.17) is 5.73 Å². The predicted octanol–water partition coefficient (Wildman–Crippen LogP) is 2.29. The van der Waals surface area contributed by atoms with Gasteiger partial charge in [0.1, 0.15) is 5.82 Å². The molecule has 0 bridgehead atoms. The number of halogens is 1. The van der Waals surface area contributed by atoms with Crippen molar-refractivity contribution in [2.24, 2.45) is 0 Å². The number of amides is 1. The minimum atomic E-state index is -0.399. The largest absolute Gasteiger partial charge is 0.382 e. The summed E-state index contributed by atoms with van der Waals surface area (Å²) in [7, 11) is 0. The Bertz CT molecular complexity index is 889. The van der Waals surface area contributed by atoms with Gasteiger partial charge < -0.3 is 11.1 Å². The number of carbonyl (C=O) groups excluding carboxylic acids is 1. The van der Waals surface area contributed by atoms with Crippen molar-refractivity contribution < 1.29 is 9.18 Å². The lowest BCUT2D eigenvalue weighted by Gasteiger charge is -2.06. The number of benzene rings is 2. The second-order valence-electron chi connectivity index (χ2n) is 5.78. The Morgan fingerprint density at radius 3 is 2.68 bits per heavy atom. The number of nitrogens with zero attached hydrogens (tertiary/aromatic N) is 3. The van der Waals surface area contributed by atoms with E-state index in [0.29, 0.717) is 12.1 Å². The van der Waals surface area contributed by atoms with Crippen LogP contribution in [0.25, 0.3) is 0 Å². The van der Waals surface area contributed by atoms with Gasteiger partial charge in [-0.3, -0.25) is 4.79 Å². The van der Waals surface area contributed by atoms with E-state index >= 15 is 0 Å². The maximum Gasteiger partial charge on any atom is 0.275 e. The number of aryl methyl sites for hydroxylation is 1. The summed E-state index contributed by atoms with van der Waals surface area (Å²) in [5, 5.41) is 10.5. The molecular weight excluding hydrogens is 321 g/mol. The van der Waals surface area contributed by atoms with Crippen LogP contribution >= 0.6 is 0 Å². The fourth-order valence-corrected chi connectivity index (χ4v) is 2.38. The summed E-state index contributed by atoms with van der Waals surface area (Å²) in [4.78, 5) is 12.3. The summed E-state index contributed by atoms with van der Waals surface area (Å²) < 4.78 is 14.6. The van der Waals surface area contributed by atoms with Crippen molar-refractivity contribution in [1.82, 2.24) is 20.3 Å². The first-order valence-corrected chi connectivity index (χ1v) is 7.80. The molecule has 0 aliphatic carbocycles. The molecular formula is C18H18FN5O. The van der Waals surface area contributed by atoms with Crippen LogP contribution in [0.1, 0.15) is 27.2 Å². The molecule has 3 aromatic rings. The van der Waals surface area contributed by atoms with Crippen molar-refractivity contribution in [3.05, 3.63) is 76.7 Å². The average molecular weight is 339 g/mol. The van der Waals surface area contributed by atoms with Crippen molar-refractivity contribution in [3.63, 3.8) is 0 Å². The molecule has 2 aromatic carbocycles. The zero-order valence-corrected chi connectivity index (χ0v) is 13.7. The number of aromatic nitrogens is 3. The van der Waals surface area contributed by atoms with Crippen LogP contribution in [-0.4, -0.2) is 20.9 Å². The first-order chi connectivity index (χ1) is 12.0. The molecule has 0 unspecified atom stereocenters. The zero-order chi connectivity index (χ0) is 17.8. The number of rotatable bonds is 5. The van der Waals surface area contributed by atoms with Crippen molar-refractivity contribution in [2.75, 3.05) is 5.73 Å². The Morgan fingerprint density at radius 2 is 1.96 bits per heavy atom. The normalized spacial score (nSPS) is 10.6. The lowest BCUT2D eigenvalue weighted by atomic mass is 10.1. The lowest BCUT2D eigenvalue weighted by molar-refractivity contribution is 0.0946. The highest BCUT2D eigenvalue weighted by Gasteiger charge is 2.17. The molecule has 0 saturated heterocycles. The Balaban J connectivity index is 1.67. The Morgan fingerprint density at radius 1 is 1.20 bits per heavy atom. The zero-order valence-electron chi connectivity index (χ0n) is 13.7. The second kappa shape index (κ2) is 7.12. The van der Waals surface area contributed by atoms with Crippen molar-refractivity contribution in [3.8, 4) is 0 Å². The molecule has 25 heavy (non-hydrogen) atoms. The van der Waals surface area contributed by atoms with E-state index in [1.54, 1.807) is 12.1 Å². The summed E-state index contributed by atoms with van der Waals surface area (Å²) in [5.41, 5.74) is 8.83. The van der Waals surface area contributed by atoms with Gasteiger partial charge >= 0.3 is 0 Å². The van der Waals surface area contributed by atoms with Crippen LogP contribution in [-0.2, 0) is 13.1 Å². The van der Waals surface area contributed by atoms with Crippen LogP contribution in [0.4, 0.5) is 10.2 Å². The fourth-order valence-electron chi connectivity index (χ4n) is 2.38. The van der Waals surface area contributed by atoms with Gasteiger partial charge in [0.15, 0.2) is 11.5 Å². The molecule has 0 aliphatic heterocycles. The van der Waals surface area contributed by atoms with Gasteiger partial charge in [-0.2, -0.15) is 0 Å². The number of nitrogen functional groups attached to an aromatic ring is 1. The lowest BCUT2D eigenvalue weighted by Crippen LogP contribution is -2.24. The number of hydrogen-bond donors (Lipinski definition) is 2. The Kier molecular flexibility index (Phi) is 4.74. The number of nitrogens with one attached hydrogen (secondary N) is 1. The smallest absolute Gasteiger partial charge is 0.275 e. The monoisotopic (exact) mass is 339 g/mol. The number of anilines is 1. The van der Waals surface area contributed by atoms with Gasteiger partial charge in [-0.05, 0) is 30.2 Å². The third-order valence-electron chi connectivity index (χ3n) is 3.78. The van der Waals surface area contributed by atoms with Gasteiger partial charge in [0.2, 0.25) is 0 Å². The third kappa shape index (κ3) is 4.00. The maximum atomic E-state index is 13.2. The van der Waals surface area contributed by atoms with Crippen LogP contribution in [0.5, 0.6) is 0 Å². The fraction of sp³-hybridized carbons (Fsp3) is 0.167. The van der Waals surface area contributed by atoms with Crippen molar-refractivity contribution in [1.29, 1.82) is 0 Å². The van der Waals surface area contributed by atoms with E-state index in [9.17, 15) is 9.18 Å². The van der Waals surface area contributed by atoms with Gasteiger partial charge in [-0.1, -0.05) is 47.2 Å². The van der Waals surface area contributed by atoms with Crippen LogP contribution < -0.4 is 11.1 Å². The second-order valence-corrected chi connectivity index (χ2v) is 5.78. The standard InChI is InChI=1S/C18H18FN5O/c1-12-5-7-13(8-6-12)10-21-18(25)16-17(20)24(23-22-16)11-14-3-2-4-15(19)9-14/h2-9H,10-11,20H2,1H3,(H,21,25). The molecule has 0 fully saturated rings. The van der Waals surface area contributed by atoms with E-state index in [0.717, 1.165) is 11.1 Å². The molecule has 0 atom stereocenters. The Hall–Kier alpha value is -3.22. The van der Waals surface area contributed by atoms with E-state index < -0.39 is 5.91 Å². The van der Waals surface area contributed by atoms with Crippen LogP contribution in [0.15, 0.2) is 48.5 Å². The van der Waals surface area contributed by atoms with Gasteiger partial charge in [-0.15, -0.1) is 5.10 Å². The summed E-state index contributed by atoms with van der Waals surface area (Å²) in [6.45, 7) is 2.61. The molecule has 0 radical (unpaired) electrons. The van der Waals surface area contributed by atoms with E-state index in [1.165, 1.54) is 16.8 Å². The molecule has 0 aliphatic rings. The van der Waals surface area contributed by atoms with Crippen LogP contribution in [0.2, 0.25) is 0 Å². The number of hydrogen-bond acceptors (Lipinski definition) is 4. The average Bonchev–Trinajstić information content (AvgIpc) is 2.95. The summed E-state index contributed by atoms with van der Waals surface area (Å²) in [6.07, 6.45) is 0. The summed E-state index contributed by atoms with van der Waals surface area (Å²) >= 11 is 0. The molecule has 7 heteroatoms. The molecule has 6 nitrogen and oxygen atoms in total. The maximum absolute atomic E-state index is 13.2. The summed E-state index contributed by atoms with van der Waals surface area (Å²) in [5.74, 6) is -0.596. The van der Waals surface area contributed by atoms with E-state index in [-0.39, 0.29) is 23.9 Å². The van der Waals surface area contributed by atoms with Crippen LogP contribution in [0.3, 0.4) is 0 Å². The van der Waals surface area contributed by atoms with Gasteiger partial charge in [-0.25, -0.2) is 9.07 Å². The molecule has 3 rings (SSSR count). The molecule has 128 valence electrons. The minimum Gasteiger partial charge on any atom is -0.382 e. The van der Waals surface area contributed by atoms with Gasteiger partial charge in [0.05, 0.1) is 6.54 Å². The highest BCUT2D eigenvalue weighted by Crippen LogP contribution is 2.12. The molecule has 3 N–H and O–H groups in total. The van der Waals surface area contributed by atoms with Crippen molar-refractivity contribution >= 4 is 11.7 Å². The minimum absolute atomic E-state index is 0.0588. The number of nitrogens with two attached hydrogens (primary N) is 1. The van der Waals surface area contributed by atoms with E-state index in [1.807, 2.05) is 31.2 Å². The molecule has 1 heterocycles. The summed E-state index contributed by atoms with van der Waals surface area (Å²) in [6, 6.07) is 13.9. The van der Waals surface area contributed by atoms with Crippen molar-refractivity contribution in [2.45, 2.75) is 20.0 Å². The molecule has 1 aromatic heterocycles. The Labute approximate surface area is 144 Å². The quantitative estimate of drug-likeness (QED) is 0.747. The first kappa shape index (κ1) is 16.6. The van der Waals surface area contributed by atoms with Crippen LogP contribution in [0, 0.1) is 12.7 Å².